The van der Waals surface area contributed by atoms with Crippen LogP contribution in [-0.2, 0) is 42.9 Å². The quantitative estimate of drug-likeness (QED) is 0.192. The average Bonchev–Trinajstić information content (AvgIpc) is 3.18. The summed E-state index contributed by atoms with van der Waals surface area (Å²) in [5.74, 6) is -6.68. The van der Waals surface area contributed by atoms with Gasteiger partial charge >= 0.3 is 5.97 Å². The molecule has 4 aliphatic rings. The van der Waals surface area contributed by atoms with Crippen molar-refractivity contribution in [1.82, 2.24) is 4.90 Å². The van der Waals surface area contributed by atoms with Crippen LogP contribution >= 0.6 is 0 Å². The van der Waals surface area contributed by atoms with Crippen LogP contribution in [0.3, 0.4) is 0 Å². The van der Waals surface area contributed by atoms with Gasteiger partial charge < -0.3 is 38.8 Å². The normalized spacial score (nSPS) is 41.6. The van der Waals surface area contributed by atoms with Crippen molar-refractivity contribution in [2.45, 2.75) is 168 Å². The van der Waals surface area contributed by atoms with Gasteiger partial charge in [-0.3, -0.25) is 14.4 Å². The van der Waals surface area contributed by atoms with E-state index in [4.69, 9.17) is 23.7 Å². The molecule has 0 aromatic rings. The Bertz CT molecular complexity index is 1430. The molecule has 1 saturated carbocycles. The summed E-state index contributed by atoms with van der Waals surface area (Å²) in [6.45, 7) is 13.6. The fourth-order valence-electron chi connectivity index (χ4n) is 9.63. The largest absolute Gasteiger partial charge is 0.456 e. The molecule has 318 valence electrons. The number of carbonyl (C=O) groups is 4. The molecule has 3 aliphatic heterocycles. The second kappa shape index (κ2) is 20.5. The summed E-state index contributed by atoms with van der Waals surface area (Å²) in [4.78, 5) is 57.8. The van der Waals surface area contributed by atoms with E-state index in [1.165, 1.54) is 4.90 Å². The molecule has 2 saturated heterocycles. The molecule has 56 heavy (non-hydrogen) atoms. The van der Waals surface area contributed by atoms with Gasteiger partial charge in [0, 0.05) is 52.0 Å². The van der Waals surface area contributed by atoms with Gasteiger partial charge in [-0.25, -0.2) is 4.79 Å². The Balaban J connectivity index is 1.76. The zero-order valence-electron chi connectivity index (χ0n) is 35.7. The van der Waals surface area contributed by atoms with Crippen molar-refractivity contribution in [3.8, 4) is 0 Å². The molecule has 12 heteroatoms. The van der Waals surface area contributed by atoms with E-state index in [9.17, 15) is 29.4 Å². The van der Waals surface area contributed by atoms with Crippen LogP contribution in [0.1, 0.15) is 119 Å². The summed E-state index contributed by atoms with van der Waals surface area (Å²) in [6, 6.07) is -1.10. The number of ether oxygens (including phenoxy) is 5. The highest BCUT2D eigenvalue weighted by Crippen LogP contribution is 2.39. The number of cyclic esters (lactones) is 1. The maximum absolute atomic E-state index is 14.3. The number of hydrogen-bond acceptors (Lipinski definition) is 11. The number of methoxy groups -OCH3 is 3. The lowest BCUT2D eigenvalue weighted by atomic mass is 9.79. The van der Waals surface area contributed by atoms with Gasteiger partial charge in [0.25, 0.3) is 11.7 Å². The summed E-state index contributed by atoms with van der Waals surface area (Å²) in [5, 5.41) is 23.7. The van der Waals surface area contributed by atoms with Gasteiger partial charge in [-0.1, -0.05) is 52.3 Å². The van der Waals surface area contributed by atoms with Gasteiger partial charge in [-0.15, -0.1) is 0 Å². The van der Waals surface area contributed by atoms with Gasteiger partial charge in [-0.05, 0) is 101 Å². The highest BCUT2D eigenvalue weighted by Gasteiger charge is 2.56. The maximum Gasteiger partial charge on any atom is 0.329 e. The molecule has 0 aromatic carbocycles. The number of aliphatic hydroxyl groups is 2. The van der Waals surface area contributed by atoms with Crippen molar-refractivity contribution in [2.75, 3.05) is 27.9 Å². The number of allylic oxidation sites excluding steroid dienone is 3. The summed E-state index contributed by atoms with van der Waals surface area (Å²) in [7, 11) is 4.81. The summed E-state index contributed by atoms with van der Waals surface area (Å²) in [5.41, 5.74) is 1.76. The third-order valence-corrected chi connectivity index (χ3v) is 13.3. The molecule has 1 aliphatic carbocycles. The molecule has 0 spiro atoms. The number of esters is 1. The fourth-order valence-corrected chi connectivity index (χ4v) is 9.63. The summed E-state index contributed by atoms with van der Waals surface area (Å²) in [6.07, 6.45) is 6.13. The highest BCUT2D eigenvalue weighted by molar-refractivity contribution is 6.39. The molecule has 14 atom stereocenters. The predicted octanol–water partition coefficient (Wildman–Crippen LogP) is 5.75. The minimum Gasteiger partial charge on any atom is -0.456 e. The Labute approximate surface area is 335 Å². The second-order valence-electron chi connectivity index (χ2n) is 17.6. The highest BCUT2D eigenvalue weighted by atomic mass is 16.7. The topological polar surface area (TPSA) is 158 Å². The number of aliphatic hydroxyl groups excluding tert-OH is 1. The number of amides is 1. The number of piperidine rings is 1. The van der Waals surface area contributed by atoms with E-state index in [1.807, 2.05) is 26.8 Å². The summed E-state index contributed by atoms with van der Waals surface area (Å²) >= 11 is 0. The molecular formula is C44H71NO11. The molecule has 3 heterocycles. The van der Waals surface area contributed by atoms with Crippen LogP contribution in [0.5, 0.6) is 0 Å². The third kappa shape index (κ3) is 10.8. The Morgan fingerprint density at radius 2 is 1.59 bits per heavy atom. The molecule has 0 aromatic heterocycles. The van der Waals surface area contributed by atoms with Crippen LogP contribution < -0.4 is 0 Å². The standard InChI is InChI=1S/C44H71NO11/c1-11-32-19-25(2)18-26(3)20-37(53-9)40-38(54-10)22-29(6)44(51,56-40)41(48)42(49)45-17-13-12-14-33(45)43(50)55-39(30(7)34(46)24-35(32)47)28(5)21-31-16-15-27(4)36(23-31)52-8/h19,21,26-27,29-34,36-40,46,51H,11-18,20,22-24H2,1-10H3/b25-19+,28-21+/t26?,27?,29?,30-,31+,32-,33+,34+,36?,37+,38?,39-,40-,44?/m1/s1. The maximum atomic E-state index is 14.3. The van der Waals surface area contributed by atoms with Crippen LogP contribution in [0, 0.1) is 35.5 Å². The van der Waals surface area contributed by atoms with Crippen molar-refractivity contribution in [3.63, 3.8) is 0 Å². The lowest BCUT2D eigenvalue weighted by Gasteiger charge is -2.47. The SMILES string of the molecule is CC[C@@H]1/C=C(\C)CC(C)C[C@H](OC)[C@H]2OC(O)(C(=O)C(=O)N3CCCC[C@H]3C(=O)O[C@H](/C(C)=C/[C@@H]3CCC(C)C(OC)C3)[C@H](C)[C@@H](O)CC1=O)C(C)CC2OC. The van der Waals surface area contributed by atoms with E-state index in [0.717, 1.165) is 30.4 Å². The lowest BCUT2D eigenvalue weighted by Crippen LogP contribution is -2.64. The first kappa shape index (κ1) is 46.2. The van der Waals surface area contributed by atoms with Gasteiger partial charge in [0.2, 0.25) is 5.79 Å². The molecule has 1 amide bonds. The molecule has 3 fully saturated rings. The van der Waals surface area contributed by atoms with Crippen LogP contribution in [0.2, 0.25) is 0 Å². The monoisotopic (exact) mass is 790 g/mol. The van der Waals surface area contributed by atoms with Crippen molar-refractivity contribution in [3.05, 3.63) is 23.3 Å². The minimum atomic E-state index is -2.48. The zero-order chi connectivity index (χ0) is 41.5. The van der Waals surface area contributed by atoms with E-state index in [1.54, 1.807) is 35.2 Å². The second-order valence-corrected chi connectivity index (χ2v) is 17.6. The number of rotatable bonds is 6. The molecule has 2 bridgehead atoms. The van der Waals surface area contributed by atoms with Crippen LogP contribution in [-0.4, -0.2) is 115 Å². The first-order chi connectivity index (χ1) is 26.5. The fraction of sp³-hybridized carbons (Fsp3) is 0.818. The van der Waals surface area contributed by atoms with Gasteiger partial charge in [0.1, 0.15) is 24.0 Å². The molecule has 2 N–H and O–H groups in total. The van der Waals surface area contributed by atoms with E-state index in [0.29, 0.717) is 38.0 Å². The molecule has 4 rings (SSSR count). The molecule has 12 nitrogen and oxygen atoms in total. The van der Waals surface area contributed by atoms with E-state index in [2.05, 4.69) is 19.9 Å². The average molecular weight is 790 g/mol. The van der Waals surface area contributed by atoms with Crippen LogP contribution in [0.25, 0.3) is 0 Å². The Morgan fingerprint density at radius 3 is 2.23 bits per heavy atom. The van der Waals surface area contributed by atoms with Crippen molar-refractivity contribution in [1.29, 1.82) is 0 Å². The van der Waals surface area contributed by atoms with Gasteiger partial charge in [0.05, 0.1) is 24.4 Å². The first-order valence-corrected chi connectivity index (χ1v) is 21.1. The third-order valence-electron chi connectivity index (χ3n) is 13.3. The Morgan fingerprint density at radius 1 is 0.929 bits per heavy atom. The number of hydrogen-bond donors (Lipinski definition) is 2. The minimum absolute atomic E-state index is 0.0498. The number of carbonyl (C=O) groups excluding carboxylic acids is 4. The molecular weight excluding hydrogens is 718 g/mol. The molecule has 6 unspecified atom stereocenters. The van der Waals surface area contributed by atoms with Gasteiger partial charge in [0.15, 0.2) is 0 Å². The number of fused-ring (bicyclic) bond motifs is 3. The van der Waals surface area contributed by atoms with Crippen LogP contribution in [0.4, 0.5) is 0 Å². The van der Waals surface area contributed by atoms with E-state index < -0.39 is 77.8 Å². The number of Topliss-reactive ketones (excluding diaryl/α,β-unsaturated/α-hetero) is 2. The first-order valence-electron chi connectivity index (χ1n) is 21.1. The zero-order valence-corrected chi connectivity index (χ0v) is 35.7. The van der Waals surface area contributed by atoms with Crippen molar-refractivity contribution < 1.29 is 53.1 Å². The smallest absolute Gasteiger partial charge is 0.329 e. The van der Waals surface area contributed by atoms with Gasteiger partial charge in [-0.2, -0.15) is 0 Å². The summed E-state index contributed by atoms with van der Waals surface area (Å²) < 4.78 is 30.1. The van der Waals surface area contributed by atoms with E-state index >= 15 is 0 Å². The lowest BCUT2D eigenvalue weighted by molar-refractivity contribution is -0.302. The predicted molar refractivity (Wildman–Crippen MR) is 211 cm³/mol. The van der Waals surface area contributed by atoms with Crippen molar-refractivity contribution in [2.24, 2.45) is 35.5 Å². The molecule has 0 radical (unpaired) electrons. The Kier molecular flexibility index (Phi) is 16.9. The number of nitrogens with zero attached hydrogens (tertiary/aromatic N) is 1. The van der Waals surface area contributed by atoms with Crippen LogP contribution in [0.15, 0.2) is 23.3 Å². The van der Waals surface area contributed by atoms with Crippen molar-refractivity contribution >= 4 is 23.4 Å². The Hall–Kier alpha value is -2.48. The van der Waals surface area contributed by atoms with E-state index in [-0.39, 0.29) is 49.5 Å². The number of ketones is 2.